The molecule has 0 unspecified atom stereocenters. The summed E-state index contributed by atoms with van der Waals surface area (Å²) in [6.45, 7) is 5.60. The molecule has 0 saturated carbocycles. The number of benzene rings is 1. The van der Waals surface area contributed by atoms with Gasteiger partial charge in [0.25, 0.3) is 11.5 Å². The number of aliphatic hydroxyl groups is 1. The van der Waals surface area contributed by atoms with Gasteiger partial charge >= 0.3 is 11.9 Å². The lowest BCUT2D eigenvalue weighted by Gasteiger charge is -2.13. The molecule has 6 nitrogen and oxygen atoms in total. The second-order valence-electron chi connectivity index (χ2n) is 4.46. The maximum Gasteiger partial charge on any atom is 0.378 e. The van der Waals surface area contributed by atoms with E-state index < -0.39 is 23.5 Å². The first kappa shape index (κ1) is 16.6. The van der Waals surface area contributed by atoms with Gasteiger partial charge in [-0.05, 0) is 43.5 Å². The molecular weight excluding hydrogens is 276 g/mol. The molecule has 0 spiro atoms. The number of aliphatic hydroxyl groups excluding tert-OH is 1. The summed E-state index contributed by atoms with van der Waals surface area (Å²) in [5.41, 5.74) is 2.75. The van der Waals surface area contributed by atoms with Crippen molar-refractivity contribution >= 4 is 11.9 Å². The minimum absolute atomic E-state index is 0.342. The number of esters is 2. The highest BCUT2D eigenvalue weighted by Gasteiger charge is 2.25. The predicted molar refractivity (Wildman–Crippen MR) is 75.0 cm³/mol. The average molecular weight is 294 g/mol. The predicted octanol–water partition coefficient (Wildman–Crippen LogP) is 2.11. The van der Waals surface area contributed by atoms with E-state index in [1.54, 1.807) is 13.0 Å². The minimum atomic E-state index is -1.09. The van der Waals surface area contributed by atoms with Crippen LogP contribution >= 0.6 is 0 Å². The van der Waals surface area contributed by atoms with E-state index in [4.69, 9.17) is 4.74 Å². The topological polar surface area (TPSA) is 82.1 Å². The normalized spacial score (nSPS) is 11.5. The molecule has 0 amide bonds. The molecule has 0 heterocycles. The second kappa shape index (κ2) is 6.78. The number of carbonyl (C=O) groups excluding carboxylic acids is 2. The first-order chi connectivity index (χ1) is 9.81. The SMILES string of the molecule is COC(=O)/C(O)=C(/Oc1cc(C)c(C)cc1C)C(=O)OC. The number of hydrogen-bond donors (Lipinski definition) is 1. The van der Waals surface area contributed by atoms with Crippen LogP contribution in [0, 0.1) is 20.8 Å². The molecule has 0 radical (unpaired) electrons. The quantitative estimate of drug-likeness (QED) is 0.520. The van der Waals surface area contributed by atoms with E-state index in [0.717, 1.165) is 30.9 Å². The highest BCUT2D eigenvalue weighted by Crippen LogP contribution is 2.25. The largest absolute Gasteiger partial charge is 0.499 e. The van der Waals surface area contributed by atoms with E-state index in [0.29, 0.717) is 5.75 Å². The van der Waals surface area contributed by atoms with Gasteiger partial charge in [-0.15, -0.1) is 0 Å². The molecular formula is C15H18O6. The zero-order valence-electron chi connectivity index (χ0n) is 12.6. The van der Waals surface area contributed by atoms with E-state index in [1.165, 1.54) is 0 Å². The molecule has 0 aromatic heterocycles. The van der Waals surface area contributed by atoms with Crippen molar-refractivity contribution in [2.24, 2.45) is 0 Å². The molecule has 0 aliphatic carbocycles. The summed E-state index contributed by atoms with van der Waals surface area (Å²) in [5.74, 6) is -3.28. The van der Waals surface area contributed by atoms with Crippen LogP contribution in [0.5, 0.6) is 5.75 Å². The van der Waals surface area contributed by atoms with Gasteiger partial charge in [0.05, 0.1) is 14.2 Å². The van der Waals surface area contributed by atoms with Gasteiger partial charge in [0.1, 0.15) is 5.75 Å². The van der Waals surface area contributed by atoms with Crippen LogP contribution in [0.4, 0.5) is 0 Å². The summed E-state index contributed by atoms with van der Waals surface area (Å²) < 4.78 is 14.2. The number of methoxy groups -OCH3 is 2. The number of rotatable bonds is 4. The van der Waals surface area contributed by atoms with Crippen LogP contribution in [0.15, 0.2) is 23.7 Å². The average Bonchev–Trinajstić information content (AvgIpc) is 2.47. The number of hydrogen-bond acceptors (Lipinski definition) is 6. The van der Waals surface area contributed by atoms with Crippen LogP contribution in [-0.4, -0.2) is 31.3 Å². The fourth-order valence-electron chi connectivity index (χ4n) is 1.62. The summed E-state index contributed by atoms with van der Waals surface area (Å²) in [6.07, 6.45) is 0. The molecule has 1 aromatic rings. The van der Waals surface area contributed by atoms with Gasteiger partial charge in [0, 0.05) is 0 Å². The Morgan fingerprint density at radius 2 is 1.43 bits per heavy atom. The molecule has 1 aromatic carbocycles. The monoisotopic (exact) mass is 294 g/mol. The zero-order valence-corrected chi connectivity index (χ0v) is 12.6. The lowest BCUT2D eigenvalue weighted by atomic mass is 10.1. The third-order valence-corrected chi connectivity index (χ3v) is 2.97. The van der Waals surface area contributed by atoms with E-state index in [9.17, 15) is 14.7 Å². The van der Waals surface area contributed by atoms with Crippen LogP contribution in [0.3, 0.4) is 0 Å². The smallest absolute Gasteiger partial charge is 0.378 e. The van der Waals surface area contributed by atoms with Gasteiger partial charge in [0.15, 0.2) is 0 Å². The summed E-state index contributed by atoms with van der Waals surface area (Å²) in [5, 5.41) is 9.73. The molecule has 6 heteroatoms. The van der Waals surface area contributed by atoms with Crippen LogP contribution < -0.4 is 4.74 Å². The van der Waals surface area contributed by atoms with Crippen LogP contribution in [0.1, 0.15) is 16.7 Å². The Morgan fingerprint density at radius 1 is 0.905 bits per heavy atom. The molecule has 0 aliphatic heterocycles. The maximum absolute atomic E-state index is 11.7. The van der Waals surface area contributed by atoms with Crippen LogP contribution in [-0.2, 0) is 19.1 Å². The van der Waals surface area contributed by atoms with Gasteiger partial charge in [0.2, 0.25) is 0 Å². The first-order valence-electron chi connectivity index (χ1n) is 6.17. The Labute approximate surface area is 122 Å². The standard InChI is InChI=1S/C15H18O6/c1-8-6-10(3)11(7-9(8)2)21-13(15(18)20-5)12(16)14(17)19-4/h6-7,16H,1-5H3/b13-12-. The van der Waals surface area contributed by atoms with Crippen molar-refractivity contribution in [1.29, 1.82) is 0 Å². The Bertz CT molecular complexity index is 600. The molecule has 1 N–H and O–H groups in total. The van der Waals surface area contributed by atoms with Crippen molar-refractivity contribution < 1.29 is 28.9 Å². The Hall–Kier alpha value is -2.50. The van der Waals surface area contributed by atoms with Crippen LogP contribution in [0.2, 0.25) is 0 Å². The fraction of sp³-hybridized carbons (Fsp3) is 0.333. The first-order valence-corrected chi connectivity index (χ1v) is 6.17. The summed E-state index contributed by atoms with van der Waals surface area (Å²) in [7, 11) is 2.19. The van der Waals surface area contributed by atoms with Gasteiger partial charge in [-0.2, -0.15) is 0 Å². The number of aryl methyl sites for hydroxylation is 3. The molecule has 0 atom stereocenters. The number of ether oxygens (including phenoxy) is 3. The van der Waals surface area contributed by atoms with Crippen molar-refractivity contribution in [2.45, 2.75) is 20.8 Å². The molecule has 0 fully saturated rings. The summed E-state index contributed by atoms with van der Waals surface area (Å²) in [6, 6.07) is 3.58. The Kier molecular flexibility index (Phi) is 5.35. The zero-order chi connectivity index (χ0) is 16.2. The highest BCUT2D eigenvalue weighted by atomic mass is 16.6. The maximum atomic E-state index is 11.7. The minimum Gasteiger partial charge on any atom is -0.499 e. The molecule has 21 heavy (non-hydrogen) atoms. The van der Waals surface area contributed by atoms with E-state index >= 15 is 0 Å². The molecule has 114 valence electrons. The molecule has 0 bridgehead atoms. The Balaban J connectivity index is 3.29. The van der Waals surface area contributed by atoms with E-state index in [-0.39, 0.29) is 0 Å². The second-order valence-corrected chi connectivity index (χ2v) is 4.46. The third kappa shape index (κ3) is 3.75. The van der Waals surface area contributed by atoms with Crippen molar-refractivity contribution in [2.75, 3.05) is 14.2 Å². The van der Waals surface area contributed by atoms with Gasteiger partial charge in [-0.25, -0.2) is 9.59 Å². The molecule has 0 saturated heterocycles. The summed E-state index contributed by atoms with van der Waals surface area (Å²) >= 11 is 0. The summed E-state index contributed by atoms with van der Waals surface area (Å²) in [4.78, 5) is 23.0. The lowest BCUT2D eigenvalue weighted by molar-refractivity contribution is -0.143. The van der Waals surface area contributed by atoms with Crippen molar-refractivity contribution in [3.63, 3.8) is 0 Å². The van der Waals surface area contributed by atoms with Gasteiger partial charge in [-0.3, -0.25) is 0 Å². The van der Waals surface area contributed by atoms with Crippen molar-refractivity contribution in [1.82, 2.24) is 0 Å². The number of carbonyl (C=O) groups is 2. The van der Waals surface area contributed by atoms with E-state index in [1.807, 2.05) is 19.9 Å². The van der Waals surface area contributed by atoms with Crippen molar-refractivity contribution in [3.05, 3.63) is 40.3 Å². The van der Waals surface area contributed by atoms with E-state index in [2.05, 4.69) is 9.47 Å². The molecule has 0 aliphatic rings. The van der Waals surface area contributed by atoms with Crippen molar-refractivity contribution in [3.8, 4) is 5.75 Å². The van der Waals surface area contributed by atoms with Gasteiger partial charge in [-0.1, -0.05) is 6.07 Å². The van der Waals surface area contributed by atoms with Gasteiger partial charge < -0.3 is 19.3 Å². The highest BCUT2D eigenvalue weighted by molar-refractivity contribution is 5.97. The third-order valence-electron chi connectivity index (χ3n) is 2.97. The fourth-order valence-corrected chi connectivity index (χ4v) is 1.62. The van der Waals surface area contributed by atoms with Crippen LogP contribution in [0.25, 0.3) is 0 Å². The molecule has 1 rings (SSSR count). The lowest BCUT2D eigenvalue weighted by Crippen LogP contribution is -2.19. The Morgan fingerprint density at radius 3 is 1.95 bits per heavy atom.